The monoisotopic (exact) mass is 428 g/mol. The maximum Gasteiger partial charge on any atom is 0.419 e. The van der Waals surface area contributed by atoms with E-state index >= 15 is 0 Å². The Morgan fingerprint density at radius 2 is 2.00 bits per heavy atom. The van der Waals surface area contributed by atoms with Crippen molar-refractivity contribution in [1.82, 2.24) is 9.88 Å². The number of aromatic nitrogens is 1. The van der Waals surface area contributed by atoms with Gasteiger partial charge in [-0.1, -0.05) is 12.1 Å². The van der Waals surface area contributed by atoms with Crippen LogP contribution in [0.25, 0.3) is 0 Å². The smallest absolute Gasteiger partial charge is 0.419 e. The van der Waals surface area contributed by atoms with Crippen molar-refractivity contribution in [1.29, 1.82) is 0 Å². The number of rotatable bonds is 6. The predicted octanol–water partition coefficient (Wildman–Crippen LogP) is 2.38. The predicted molar refractivity (Wildman–Crippen MR) is 98.5 cm³/mol. The number of likely N-dealkylation sites (tertiary alicyclic amines) is 1. The average molecular weight is 428 g/mol. The van der Waals surface area contributed by atoms with Crippen LogP contribution in [0.1, 0.15) is 17.5 Å². The standard InChI is InChI=1S/C19H19F3N2O4S/c20-19(21,22)16-2-1-8-23-18(16)29(27)15-7-9-24(10-15)17(26)12-28-14-5-3-13(11-25)4-6-14/h1-6,8,15,25H,7,9-12H2/t15-,29+/m1/s1. The molecule has 29 heavy (non-hydrogen) atoms. The Morgan fingerprint density at radius 3 is 2.66 bits per heavy atom. The number of alkyl halides is 3. The highest BCUT2D eigenvalue weighted by Gasteiger charge is 2.39. The van der Waals surface area contributed by atoms with Crippen molar-refractivity contribution in [3.8, 4) is 5.75 Å². The van der Waals surface area contributed by atoms with Crippen LogP contribution in [-0.2, 0) is 28.4 Å². The van der Waals surface area contributed by atoms with E-state index in [0.29, 0.717) is 17.7 Å². The Labute approximate surface area is 167 Å². The summed E-state index contributed by atoms with van der Waals surface area (Å²) in [5, 5.41) is 7.88. The Kier molecular flexibility index (Phi) is 6.53. The van der Waals surface area contributed by atoms with Crippen molar-refractivity contribution in [2.45, 2.75) is 29.5 Å². The number of hydrogen-bond donors (Lipinski definition) is 1. The fourth-order valence-electron chi connectivity index (χ4n) is 2.98. The number of pyridine rings is 1. The van der Waals surface area contributed by atoms with E-state index in [1.807, 2.05) is 0 Å². The van der Waals surface area contributed by atoms with Gasteiger partial charge in [0.25, 0.3) is 5.91 Å². The van der Waals surface area contributed by atoms with Crippen LogP contribution in [0, 0.1) is 0 Å². The van der Waals surface area contributed by atoms with Gasteiger partial charge in [0.15, 0.2) is 6.61 Å². The molecule has 156 valence electrons. The molecule has 0 bridgehead atoms. The van der Waals surface area contributed by atoms with E-state index in [-0.39, 0.29) is 32.2 Å². The highest BCUT2D eigenvalue weighted by atomic mass is 32.2. The van der Waals surface area contributed by atoms with Crippen LogP contribution < -0.4 is 4.74 Å². The summed E-state index contributed by atoms with van der Waals surface area (Å²) >= 11 is 0. The summed E-state index contributed by atoms with van der Waals surface area (Å²) in [6.45, 7) is 0.0232. The highest BCUT2D eigenvalue weighted by Crippen LogP contribution is 2.34. The first-order valence-corrected chi connectivity index (χ1v) is 10.0. The molecule has 6 nitrogen and oxygen atoms in total. The number of aliphatic hydroxyl groups is 1. The lowest BCUT2D eigenvalue weighted by molar-refractivity contribution is -0.140. The molecular formula is C19H19F3N2O4S. The molecule has 0 radical (unpaired) electrons. The first kappa shape index (κ1) is 21.3. The molecule has 1 amide bonds. The summed E-state index contributed by atoms with van der Waals surface area (Å²) in [5.74, 6) is 0.117. The number of amides is 1. The lowest BCUT2D eigenvalue weighted by Gasteiger charge is -2.17. The number of aliphatic hydroxyl groups excluding tert-OH is 1. The second kappa shape index (κ2) is 8.91. The van der Waals surface area contributed by atoms with Crippen molar-refractivity contribution < 1.29 is 32.0 Å². The summed E-state index contributed by atoms with van der Waals surface area (Å²) in [6, 6.07) is 8.59. The third-order valence-corrected chi connectivity index (χ3v) is 6.23. The van der Waals surface area contributed by atoms with E-state index in [4.69, 9.17) is 9.84 Å². The number of carbonyl (C=O) groups excluding carboxylic acids is 1. The summed E-state index contributed by atoms with van der Waals surface area (Å²) < 4.78 is 57.5. The normalized spacial score (nSPS) is 17.9. The number of halogens is 3. The number of nitrogens with zero attached hydrogens (tertiary/aromatic N) is 2. The van der Waals surface area contributed by atoms with Gasteiger partial charge in [-0.2, -0.15) is 13.2 Å². The molecule has 1 aromatic heterocycles. The molecule has 10 heteroatoms. The number of hydrogen-bond acceptors (Lipinski definition) is 5. The molecule has 1 saturated heterocycles. The number of benzene rings is 1. The second-order valence-electron chi connectivity index (χ2n) is 6.49. The zero-order valence-electron chi connectivity index (χ0n) is 15.3. The molecule has 0 unspecified atom stereocenters. The van der Waals surface area contributed by atoms with Crippen LogP contribution in [0.5, 0.6) is 5.75 Å². The molecule has 0 aliphatic carbocycles. The van der Waals surface area contributed by atoms with Crippen molar-refractivity contribution in [2.24, 2.45) is 0 Å². The Morgan fingerprint density at radius 1 is 1.28 bits per heavy atom. The van der Waals surface area contributed by atoms with Crippen LogP contribution in [0.3, 0.4) is 0 Å². The van der Waals surface area contributed by atoms with Crippen LogP contribution >= 0.6 is 0 Å². The Bertz CT molecular complexity index is 890. The van der Waals surface area contributed by atoms with Gasteiger partial charge in [0.1, 0.15) is 10.8 Å². The van der Waals surface area contributed by atoms with Crippen molar-refractivity contribution in [2.75, 3.05) is 19.7 Å². The summed E-state index contributed by atoms with van der Waals surface area (Å²) in [7, 11) is -1.99. The molecule has 1 aromatic carbocycles. The third kappa shape index (κ3) is 5.13. The number of ether oxygens (including phenoxy) is 1. The molecule has 3 rings (SSSR count). The zero-order valence-corrected chi connectivity index (χ0v) is 16.1. The van der Waals surface area contributed by atoms with Gasteiger partial charge < -0.3 is 14.7 Å². The Balaban J connectivity index is 1.59. The van der Waals surface area contributed by atoms with Gasteiger partial charge in [0.2, 0.25) is 0 Å². The van der Waals surface area contributed by atoms with Crippen LogP contribution in [-0.4, -0.2) is 50.1 Å². The lowest BCUT2D eigenvalue weighted by atomic mass is 10.2. The van der Waals surface area contributed by atoms with Gasteiger partial charge in [-0.3, -0.25) is 9.00 Å². The maximum atomic E-state index is 13.1. The SMILES string of the molecule is O=C(COc1ccc(CO)cc1)N1CC[C@@H]([S@](=O)c2ncccc2C(F)(F)F)C1. The van der Waals surface area contributed by atoms with E-state index in [9.17, 15) is 22.2 Å². The average Bonchev–Trinajstić information content (AvgIpc) is 3.21. The summed E-state index contributed by atoms with van der Waals surface area (Å²) in [6.07, 6.45) is -3.15. The van der Waals surface area contributed by atoms with E-state index in [1.54, 1.807) is 24.3 Å². The molecule has 2 aromatic rings. The molecule has 2 heterocycles. The van der Waals surface area contributed by atoms with Gasteiger partial charge in [-0.25, -0.2) is 4.98 Å². The number of carbonyl (C=O) groups is 1. The molecule has 0 saturated carbocycles. The molecule has 1 fully saturated rings. The zero-order chi connectivity index (χ0) is 21.0. The minimum absolute atomic E-state index is 0.0755. The van der Waals surface area contributed by atoms with Crippen molar-refractivity contribution >= 4 is 16.7 Å². The third-order valence-electron chi connectivity index (χ3n) is 4.54. The lowest BCUT2D eigenvalue weighted by Crippen LogP contribution is -2.34. The van der Waals surface area contributed by atoms with Gasteiger partial charge >= 0.3 is 6.18 Å². The van der Waals surface area contributed by atoms with Gasteiger partial charge in [0.05, 0.1) is 28.2 Å². The van der Waals surface area contributed by atoms with Crippen LogP contribution in [0.4, 0.5) is 13.2 Å². The van der Waals surface area contributed by atoms with E-state index < -0.39 is 32.8 Å². The Hall–Kier alpha value is -2.46. The largest absolute Gasteiger partial charge is 0.484 e. The maximum absolute atomic E-state index is 13.1. The van der Waals surface area contributed by atoms with Crippen LogP contribution in [0.2, 0.25) is 0 Å². The molecule has 1 aliphatic rings. The van der Waals surface area contributed by atoms with Crippen molar-refractivity contribution in [3.63, 3.8) is 0 Å². The summed E-state index contributed by atoms with van der Waals surface area (Å²) in [5.41, 5.74) is -0.306. The van der Waals surface area contributed by atoms with Crippen LogP contribution in [0.15, 0.2) is 47.6 Å². The van der Waals surface area contributed by atoms with Gasteiger partial charge in [-0.15, -0.1) is 0 Å². The topological polar surface area (TPSA) is 79.7 Å². The molecule has 1 N–H and O–H groups in total. The highest BCUT2D eigenvalue weighted by molar-refractivity contribution is 7.85. The van der Waals surface area contributed by atoms with Gasteiger partial charge in [0, 0.05) is 19.3 Å². The van der Waals surface area contributed by atoms with Gasteiger partial charge in [-0.05, 0) is 36.2 Å². The minimum Gasteiger partial charge on any atom is -0.484 e. The van der Waals surface area contributed by atoms with Crippen molar-refractivity contribution in [3.05, 3.63) is 53.7 Å². The molecular weight excluding hydrogens is 409 g/mol. The molecule has 1 aliphatic heterocycles. The minimum atomic E-state index is -4.65. The molecule has 0 spiro atoms. The quantitative estimate of drug-likeness (QED) is 0.764. The first-order chi connectivity index (χ1) is 13.8. The fourth-order valence-corrected chi connectivity index (χ4v) is 4.50. The van der Waals surface area contributed by atoms with E-state index in [0.717, 1.165) is 12.1 Å². The first-order valence-electron chi connectivity index (χ1n) is 8.82. The van der Waals surface area contributed by atoms with E-state index in [1.165, 1.54) is 11.1 Å². The fraction of sp³-hybridized carbons (Fsp3) is 0.368. The molecule has 2 atom stereocenters. The summed E-state index contributed by atoms with van der Waals surface area (Å²) in [4.78, 5) is 17.5. The van der Waals surface area contributed by atoms with E-state index in [2.05, 4.69) is 4.98 Å². The second-order valence-corrected chi connectivity index (χ2v) is 8.14.